The molecule has 0 amide bonds. The zero-order valence-electron chi connectivity index (χ0n) is 11.8. The van der Waals surface area contributed by atoms with E-state index in [4.69, 9.17) is 11.6 Å². The monoisotopic (exact) mass is 311 g/mol. The summed E-state index contributed by atoms with van der Waals surface area (Å²) < 4.78 is 0. The number of benzene rings is 2. The largest absolute Gasteiger partial charge is 0.297 e. The summed E-state index contributed by atoms with van der Waals surface area (Å²) in [4.78, 5) is 19.7. The van der Waals surface area contributed by atoms with E-state index in [0.29, 0.717) is 33.8 Å². The van der Waals surface area contributed by atoms with Crippen LogP contribution in [0.1, 0.15) is 5.69 Å². The van der Waals surface area contributed by atoms with Gasteiger partial charge in [-0.25, -0.2) is 9.97 Å². The molecule has 3 aromatic rings. The number of nitro benzene ring substituents is 1. The maximum absolute atomic E-state index is 11.1. The van der Waals surface area contributed by atoms with Crippen LogP contribution in [0.25, 0.3) is 22.3 Å². The maximum atomic E-state index is 11.1. The van der Waals surface area contributed by atoms with E-state index in [1.54, 1.807) is 18.2 Å². The highest BCUT2D eigenvalue weighted by atomic mass is 35.5. The van der Waals surface area contributed by atoms with Gasteiger partial charge < -0.3 is 0 Å². The Kier molecular flexibility index (Phi) is 3.77. The maximum Gasteiger partial charge on any atom is 0.297 e. The van der Waals surface area contributed by atoms with E-state index in [9.17, 15) is 10.1 Å². The summed E-state index contributed by atoms with van der Waals surface area (Å²) in [6.07, 6.45) is 0.607. The third-order valence-electron chi connectivity index (χ3n) is 3.41. The first-order chi connectivity index (χ1) is 10.6. The molecule has 108 valence electrons. The molecule has 0 saturated carbocycles. The molecule has 0 aliphatic heterocycles. The van der Waals surface area contributed by atoms with Crippen LogP contribution in [-0.2, 0) is 6.32 Å². The molecule has 2 aromatic carbocycles. The molecular weight excluding hydrogens is 300 g/mol. The van der Waals surface area contributed by atoms with Crippen LogP contribution in [-0.4, -0.2) is 22.7 Å². The third-order valence-corrected chi connectivity index (χ3v) is 3.74. The van der Waals surface area contributed by atoms with Crippen molar-refractivity contribution < 1.29 is 4.92 Å². The van der Waals surface area contributed by atoms with Crippen LogP contribution >= 0.6 is 11.6 Å². The second kappa shape index (κ2) is 5.73. The minimum absolute atomic E-state index is 0.0367. The molecule has 0 bridgehead atoms. The lowest BCUT2D eigenvalue weighted by atomic mass is 9.97. The van der Waals surface area contributed by atoms with Crippen LogP contribution in [0.2, 0.25) is 5.02 Å². The zero-order valence-corrected chi connectivity index (χ0v) is 12.5. The van der Waals surface area contributed by atoms with E-state index in [1.165, 1.54) is 6.07 Å². The normalized spacial score (nSPS) is 10.8. The smallest absolute Gasteiger partial charge is 0.258 e. The van der Waals surface area contributed by atoms with Gasteiger partial charge in [0.1, 0.15) is 7.85 Å². The van der Waals surface area contributed by atoms with Gasteiger partial charge in [0.15, 0.2) is 5.52 Å². The predicted molar refractivity (Wildman–Crippen MR) is 88.9 cm³/mol. The number of halogens is 1. The Bertz CT molecular complexity index is 886. The highest BCUT2D eigenvalue weighted by Gasteiger charge is 2.18. The fourth-order valence-corrected chi connectivity index (χ4v) is 2.59. The Morgan fingerprint density at radius 1 is 1.14 bits per heavy atom. The summed E-state index contributed by atoms with van der Waals surface area (Å²) in [6, 6.07) is 12.1. The fraction of sp³-hybridized carbons (Fsp3) is 0.0667. The number of nitro groups is 1. The number of aromatic nitrogens is 2. The van der Waals surface area contributed by atoms with Crippen molar-refractivity contribution in [3.63, 3.8) is 0 Å². The minimum Gasteiger partial charge on any atom is -0.258 e. The summed E-state index contributed by atoms with van der Waals surface area (Å²) in [5.41, 5.74) is 2.89. The Labute approximate surface area is 132 Å². The van der Waals surface area contributed by atoms with Gasteiger partial charge in [0.2, 0.25) is 0 Å². The Morgan fingerprint density at radius 2 is 1.91 bits per heavy atom. The summed E-state index contributed by atoms with van der Waals surface area (Å²) in [5, 5.41) is 11.7. The van der Waals surface area contributed by atoms with Crippen LogP contribution in [0.3, 0.4) is 0 Å². The van der Waals surface area contributed by atoms with Crippen molar-refractivity contribution in [2.24, 2.45) is 0 Å². The van der Waals surface area contributed by atoms with Crippen LogP contribution < -0.4 is 0 Å². The summed E-state index contributed by atoms with van der Waals surface area (Å²) in [6.45, 7) is 0. The molecule has 0 aliphatic carbocycles. The molecule has 1 aromatic heterocycles. The van der Waals surface area contributed by atoms with E-state index < -0.39 is 4.92 Å². The lowest BCUT2D eigenvalue weighted by molar-refractivity contribution is -0.383. The van der Waals surface area contributed by atoms with E-state index in [0.717, 1.165) is 5.56 Å². The van der Waals surface area contributed by atoms with E-state index >= 15 is 0 Å². The molecule has 0 radical (unpaired) electrons. The standard InChI is InChI=1S/C15H11BClN3O2/c16-8-12-14(9-4-1-2-5-10(9)17)18-11-6-3-7-13(20(21)22)15(11)19-12/h1-7H,8,16H2. The molecule has 0 fully saturated rings. The quantitative estimate of drug-likeness (QED) is 0.423. The number of fused-ring (bicyclic) bond motifs is 1. The average Bonchev–Trinajstić information content (AvgIpc) is 2.53. The lowest BCUT2D eigenvalue weighted by Crippen LogP contribution is -2.01. The number of para-hydroxylation sites is 1. The van der Waals surface area contributed by atoms with Gasteiger partial charge in [-0.15, -0.1) is 0 Å². The third kappa shape index (κ3) is 2.42. The van der Waals surface area contributed by atoms with Crippen molar-refractivity contribution in [1.29, 1.82) is 0 Å². The van der Waals surface area contributed by atoms with Crippen LogP contribution in [0.5, 0.6) is 0 Å². The van der Waals surface area contributed by atoms with Crippen LogP contribution in [0.4, 0.5) is 5.69 Å². The zero-order chi connectivity index (χ0) is 15.7. The number of rotatable bonds is 3. The highest BCUT2D eigenvalue weighted by molar-refractivity contribution is 6.33. The van der Waals surface area contributed by atoms with Crippen molar-refractivity contribution in [3.05, 3.63) is 63.3 Å². The van der Waals surface area contributed by atoms with Crippen LogP contribution in [0, 0.1) is 10.1 Å². The lowest BCUT2D eigenvalue weighted by Gasteiger charge is -2.10. The van der Waals surface area contributed by atoms with Crippen molar-refractivity contribution in [1.82, 2.24) is 9.97 Å². The molecule has 1 heterocycles. The minimum atomic E-state index is -0.439. The molecule has 0 N–H and O–H groups in total. The number of nitrogens with zero attached hydrogens (tertiary/aromatic N) is 3. The first kappa shape index (κ1) is 14.5. The summed E-state index contributed by atoms with van der Waals surface area (Å²) >= 11 is 6.24. The van der Waals surface area contributed by atoms with Gasteiger partial charge in [-0.3, -0.25) is 10.1 Å². The average molecular weight is 312 g/mol. The number of hydrogen-bond acceptors (Lipinski definition) is 4. The molecular formula is C15H11BClN3O2. The Balaban J connectivity index is 2.33. The van der Waals surface area contributed by atoms with Gasteiger partial charge in [0, 0.05) is 11.6 Å². The Hall–Kier alpha value is -2.47. The number of hydrogen-bond donors (Lipinski definition) is 0. The molecule has 7 heteroatoms. The van der Waals surface area contributed by atoms with Gasteiger partial charge in [-0.1, -0.05) is 35.9 Å². The topological polar surface area (TPSA) is 68.9 Å². The summed E-state index contributed by atoms with van der Waals surface area (Å²) in [5.74, 6) is 0. The van der Waals surface area contributed by atoms with E-state index in [2.05, 4.69) is 9.97 Å². The van der Waals surface area contributed by atoms with Gasteiger partial charge in [0.05, 0.1) is 26.9 Å². The SMILES string of the molecule is BCc1nc2c([N+](=O)[O-])cccc2nc1-c1ccccc1Cl. The second-order valence-electron chi connectivity index (χ2n) is 4.75. The predicted octanol–water partition coefficient (Wildman–Crippen LogP) is 2.99. The fourth-order valence-electron chi connectivity index (χ4n) is 2.36. The van der Waals surface area contributed by atoms with E-state index in [-0.39, 0.29) is 5.69 Å². The van der Waals surface area contributed by atoms with Gasteiger partial charge >= 0.3 is 0 Å². The van der Waals surface area contributed by atoms with Crippen molar-refractivity contribution in [2.45, 2.75) is 6.32 Å². The van der Waals surface area contributed by atoms with Crippen molar-refractivity contribution in [2.75, 3.05) is 0 Å². The van der Waals surface area contributed by atoms with E-state index in [1.807, 2.05) is 26.0 Å². The molecule has 0 aliphatic rings. The molecule has 0 atom stereocenters. The molecule has 22 heavy (non-hydrogen) atoms. The van der Waals surface area contributed by atoms with Crippen molar-refractivity contribution >= 4 is 36.2 Å². The van der Waals surface area contributed by atoms with Gasteiger partial charge in [-0.05, 0) is 18.5 Å². The van der Waals surface area contributed by atoms with Gasteiger partial charge in [0.25, 0.3) is 5.69 Å². The number of non-ortho nitro benzene ring substituents is 1. The van der Waals surface area contributed by atoms with Gasteiger partial charge in [-0.2, -0.15) is 0 Å². The second-order valence-corrected chi connectivity index (χ2v) is 5.16. The molecule has 5 nitrogen and oxygen atoms in total. The molecule has 3 rings (SSSR count). The highest BCUT2D eigenvalue weighted by Crippen LogP contribution is 2.31. The molecule has 0 unspecified atom stereocenters. The molecule has 0 spiro atoms. The van der Waals surface area contributed by atoms with Crippen molar-refractivity contribution in [3.8, 4) is 11.3 Å². The Morgan fingerprint density at radius 3 is 2.59 bits per heavy atom. The summed E-state index contributed by atoms with van der Waals surface area (Å²) in [7, 11) is 1.94. The van der Waals surface area contributed by atoms with Crippen LogP contribution in [0.15, 0.2) is 42.5 Å². The first-order valence-corrected chi connectivity index (χ1v) is 7.18. The molecule has 0 saturated heterocycles. The first-order valence-electron chi connectivity index (χ1n) is 6.80.